The summed E-state index contributed by atoms with van der Waals surface area (Å²) < 4.78 is 3.42. The number of nitrogens with zero attached hydrogens (tertiary/aromatic N) is 1. The summed E-state index contributed by atoms with van der Waals surface area (Å²) >= 11 is 3.60. The van der Waals surface area contributed by atoms with Crippen LogP contribution in [0.3, 0.4) is 0 Å². The van der Waals surface area contributed by atoms with Crippen molar-refractivity contribution in [2.75, 3.05) is 0 Å². The Labute approximate surface area is 124 Å². The van der Waals surface area contributed by atoms with Gasteiger partial charge in [-0.3, -0.25) is 0 Å². The van der Waals surface area contributed by atoms with E-state index in [1.54, 1.807) is 0 Å². The molecule has 0 aliphatic rings. The van der Waals surface area contributed by atoms with Gasteiger partial charge in [-0.25, -0.2) is 0 Å². The summed E-state index contributed by atoms with van der Waals surface area (Å²) in [6, 6.07) is 10.9. The molecule has 0 amide bonds. The van der Waals surface area contributed by atoms with Gasteiger partial charge in [0, 0.05) is 36.0 Å². The molecule has 2 nitrogen and oxygen atoms in total. The highest BCUT2D eigenvalue weighted by molar-refractivity contribution is 9.10. The van der Waals surface area contributed by atoms with Gasteiger partial charge in [0.2, 0.25) is 0 Å². The van der Waals surface area contributed by atoms with Crippen molar-refractivity contribution in [3.8, 4) is 0 Å². The van der Waals surface area contributed by atoms with Crippen LogP contribution < -0.4 is 5.32 Å². The lowest BCUT2D eigenvalue weighted by atomic mass is 10.1. The van der Waals surface area contributed by atoms with Crippen molar-refractivity contribution in [3.05, 3.63) is 58.3 Å². The number of nitrogens with one attached hydrogen (secondary N) is 1. The van der Waals surface area contributed by atoms with Crippen LogP contribution in [0.25, 0.3) is 0 Å². The van der Waals surface area contributed by atoms with E-state index in [0.717, 1.165) is 13.1 Å². The molecule has 0 saturated carbocycles. The fourth-order valence-electron chi connectivity index (χ4n) is 2.20. The molecule has 1 aromatic heterocycles. The number of benzene rings is 1. The molecule has 0 bridgehead atoms. The molecule has 3 heteroatoms. The van der Waals surface area contributed by atoms with Gasteiger partial charge >= 0.3 is 0 Å². The molecule has 19 heavy (non-hydrogen) atoms. The molecule has 1 aromatic carbocycles. The van der Waals surface area contributed by atoms with E-state index in [9.17, 15) is 0 Å². The molecule has 2 rings (SSSR count). The van der Waals surface area contributed by atoms with E-state index in [1.807, 2.05) is 6.07 Å². The van der Waals surface area contributed by atoms with E-state index in [-0.39, 0.29) is 0 Å². The first-order valence-corrected chi connectivity index (χ1v) is 7.62. The quantitative estimate of drug-likeness (QED) is 0.828. The number of hydrogen-bond donors (Lipinski definition) is 1. The lowest BCUT2D eigenvalue weighted by Gasteiger charge is -2.15. The lowest BCUT2D eigenvalue weighted by molar-refractivity contribution is 0.571. The molecule has 0 spiro atoms. The van der Waals surface area contributed by atoms with Crippen LogP contribution in [0.4, 0.5) is 0 Å². The third-order valence-electron chi connectivity index (χ3n) is 3.28. The largest absolute Gasteiger partial charge is 0.354 e. The molecule has 2 aromatic rings. The summed E-state index contributed by atoms with van der Waals surface area (Å²) in [5.74, 6) is 0. The van der Waals surface area contributed by atoms with E-state index in [4.69, 9.17) is 0 Å². The molecule has 0 saturated heterocycles. The second-order valence-electron chi connectivity index (χ2n) is 4.88. The summed E-state index contributed by atoms with van der Waals surface area (Å²) in [7, 11) is 0. The fourth-order valence-corrected chi connectivity index (χ4v) is 2.83. The predicted octanol–water partition coefficient (Wildman–Crippen LogP) is 4.51. The zero-order chi connectivity index (χ0) is 13.7. The number of aryl methyl sites for hydroxylation is 1. The zero-order valence-electron chi connectivity index (χ0n) is 11.6. The van der Waals surface area contributed by atoms with Crippen LogP contribution in [-0.4, -0.2) is 4.57 Å². The Morgan fingerprint density at radius 3 is 2.79 bits per heavy atom. The van der Waals surface area contributed by atoms with E-state index in [2.05, 4.69) is 76.3 Å². The second kappa shape index (κ2) is 6.92. The topological polar surface area (TPSA) is 17.0 Å². The van der Waals surface area contributed by atoms with Crippen molar-refractivity contribution in [2.45, 2.75) is 39.4 Å². The summed E-state index contributed by atoms with van der Waals surface area (Å²) in [4.78, 5) is 0. The van der Waals surface area contributed by atoms with E-state index < -0.39 is 0 Å². The van der Waals surface area contributed by atoms with Crippen molar-refractivity contribution < 1.29 is 0 Å². The highest BCUT2D eigenvalue weighted by atomic mass is 79.9. The summed E-state index contributed by atoms with van der Waals surface area (Å²) in [5.41, 5.74) is 2.64. The maximum absolute atomic E-state index is 3.60. The number of aromatic nitrogens is 1. The first kappa shape index (κ1) is 14.4. The molecule has 0 aliphatic heterocycles. The van der Waals surface area contributed by atoms with Gasteiger partial charge in [-0.15, -0.1) is 0 Å². The van der Waals surface area contributed by atoms with Crippen molar-refractivity contribution in [3.63, 3.8) is 0 Å². The van der Waals surface area contributed by atoms with Crippen molar-refractivity contribution in [1.29, 1.82) is 0 Å². The van der Waals surface area contributed by atoms with Gasteiger partial charge in [-0.05, 0) is 36.6 Å². The highest BCUT2D eigenvalue weighted by Gasteiger charge is 2.08. The normalized spacial score (nSPS) is 12.6. The first-order valence-electron chi connectivity index (χ1n) is 6.83. The molecule has 1 atom stereocenters. The van der Waals surface area contributed by atoms with E-state index >= 15 is 0 Å². The molecular weight excluding hydrogens is 300 g/mol. The molecule has 0 unspecified atom stereocenters. The minimum atomic E-state index is 0.338. The molecule has 102 valence electrons. The minimum absolute atomic E-state index is 0.338. The third-order valence-corrected chi connectivity index (χ3v) is 4.00. The maximum Gasteiger partial charge on any atom is 0.0306 e. The molecule has 0 fully saturated rings. The zero-order valence-corrected chi connectivity index (χ0v) is 13.2. The Balaban J connectivity index is 1.92. The van der Waals surface area contributed by atoms with Crippen LogP contribution in [-0.2, 0) is 13.1 Å². The van der Waals surface area contributed by atoms with Gasteiger partial charge < -0.3 is 9.88 Å². The Hall–Kier alpha value is -1.06. The highest BCUT2D eigenvalue weighted by Crippen LogP contribution is 2.22. The lowest BCUT2D eigenvalue weighted by Crippen LogP contribution is -2.18. The minimum Gasteiger partial charge on any atom is -0.354 e. The van der Waals surface area contributed by atoms with Crippen LogP contribution >= 0.6 is 15.9 Å². The molecule has 0 radical (unpaired) electrons. The third kappa shape index (κ3) is 3.95. The van der Waals surface area contributed by atoms with E-state index in [1.165, 1.54) is 22.0 Å². The molecule has 1 N–H and O–H groups in total. The first-order chi connectivity index (χ1) is 9.20. The van der Waals surface area contributed by atoms with Crippen LogP contribution in [0.5, 0.6) is 0 Å². The van der Waals surface area contributed by atoms with E-state index in [0.29, 0.717) is 6.04 Å². The predicted molar refractivity (Wildman–Crippen MR) is 84.1 cm³/mol. The van der Waals surface area contributed by atoms with Crippen molar-refractivity contribution in [1.82, 2.24) is 9.88 Å². The van der Waals surface area contributed by atoms with Crippen LogP contribution in [0.15, 0.2) is 47.2 Å². The van der Waals surface area contributed by atoms with Gasteiger partial charge in [-0.1, -0.05) is 41.1 Å². The van der Waals surface area contributed by atoms with Crippen LogP contribution in [0.1, 0.15) is 37.4 Å². The number of hydrogen-bond acceptors (Lipinski definition) is 1. The second-order valence-corrected chi connectivity index (χ2v) is 5.74. The maximum atomic E-state index is 3.60. The summed E-state index contributed by atoms with van der Waals surface area (Å²) in [6.45, 7) is 6.40. The summed E-state index contributed by atoms with van der Waals surface area (Å²) in [6.07, 6.45) is 5.56. The average Bonchev–Trinajstić information content (AvgIpc) is 2.85. The van der Waals surface area contributed by atoms with Gasteiger partial charge in [0.15, 0.2) is 0 Å². The Morgan fingerprint density at radius 2 is 2.05 bits per heavy atom. The Morgan fingerprint density at radius 1 is 1.26 bits per heavy atom. The van der Waals surface area contributed by atoms with Crippen LogP contribution in [0.2, 0.25) is 0 Å². The summed E-state index contributed by atoms with van der Waals surface area (Å²) in [5, 5.41) is 3.57. The standard InChI is InChI=1S/C16H21BrN2/c1-3-9-19-10-8-14(12-19)11-18-13(2)15-6-4-5-7-16(15)17/h4-8,10,12-13,18H,3,9,11H2,1-2H3/t13-/m0/s1. The smallest absolute Gasteiger partial charge is 0.0306 e. The Bertz CT molecular complexity index is 519. The van der Waals surface area contributed by atoms with Gasteiger partial charge in [0.05, 0.1) is 0 Å². The van der Waals surface area contributed by atoms with Crippen molar-refractivity contribution in [2.24, 2.45) is 0 Å². The average molecular weight is 321 g/mol. The fraction of sp³-hybridized carbons (Fsp3) is 0.375. The SMILES string of the molecule is CCCn1ccc(CN[C@@H](C)c2ccccc2Br)c1. The Kier molecular flexibility index (Phi) is 5.23. The molecule has 0 aliphatic carbocycles. The number of rotatable bonds is 6. The molecular formula is C16H21BrN2. The van der Waals surface area contributed by atoms with Crippen LogP contribution in [0, 0.1) is 0 Å². The molecule has 1 heterocycles. The van der Waals surface area contributed by atoms with Gasteiger partial charge in [-0.2, -0.15) is 0 Å². The monoisotopic (exact) mass is 320 g/mol. The van der Waals surface area contributed by atoms with Gasteiger partial charge in [0.1, 0.15) is 0 Å². The van der Waals surface area contributed by atoms with Crippen molar-refractivity contribution >= 4 is 15.9 Å². The number of halogens is 1. The van der Waals surface area contributed by atoms with Gasteiger partial charge in [0.25, 0.3) is 0 Å².